The average Bonchev–Trinajstić information content (AvgIpc) is 2.60. The van der Waals surface area contributed by atoms with Crippen molar-refractivity contribution in [2.24, 2.45) is 5.73 Å². The number of carbonyl (C=O) groups is 2. The summed E-state index contributed by atoms with van der Waals surface area (Å²) >= 11 is 0. The number of nitrogens with two attached hydrogens (primary N) is 1. The molecule has 0 fully saturated rings. The number of hydrogen-bond acceptors (Lipinski definition) is 7. The molecule has 1 unspecified atom stereocenters. The Bertz CT molecular complexity index is 520. The lowest BCUT2D eigenvalue weighted by molar-refractivity contribution is -1.05. The zero-order valence-electron chi connectivity index (χ0n) is 17.9. The SMILES string of the molecule is CCOP(=O)(O)O[N+](C)(C)CCOCCNC(=O)CCNC(=O)CCCCCN. The summed E-state index contributed by atoms with van der Waals surface area (Å²) in [7, 11) is -0.870. The summed E-state index contributed by atoms with van der Waals surface area (Å²) in [5, 5.41) is 5.41. The first kappa shape index (κ1) is 27.9. The van der Waals surface area contributed by atoms with Gasteiger partial charge in [0, 0.05) is 25.9 Å². The number of quaternary nitrogens is 1. The minimum Gasteiger partial charge on any atom is -0.374 e. The van der Waals surface area contributed by atoms with Crippen molar-refractivity contribution in [3.8, 4) is 0 Å². The third-order valence-corrected chi connectivity index (χ3v) is 4.97. The molecule has 0 aliphatic heterocycles. The van der Waals surface area contributed by atoms with Crippen molar-refractivity contribution in [2.75, 3.05) is 60.1 Å². The number of hydroxylamine groups is 3. The number of rotatable bonds is 18. The van der Waals surface area contributed by atoms with Crippen LogP contribution in [0.15, 0.2) is 0 Å². The second-order valence-electron chi connectivity index (χ2n) is 6.93. The molecular formula is C17H38N4O7P+. The van der Waals surface area contributed by atoms with Crippen molar-refractivity contribution >= 4 is 19.6 Å². The summed E-state index contributed by atoms with van der Waals surface area (Å²) in [6, 6.07) is 0. The monoisotopic (exact) mass is 441 g/mol. The van der Waals surface area contributed by atoms with Gasteiger partial charge in [-0.25, -0.2) is 4.57 Å². The van der Waals surface area contributed by atoms with Gasteiger partial charge in [-0.15, -0.1) is 0 Å². The van der Waals surface area contributed by atoms with Crippen molar-refractivity contribution in [1.82, 2.24) is 10.6 Å². The van der Waals surface area contributed by atoms with Crippen LogP contribution in [0.1, 0.15) is 39.0 Å². The van der Waals surface area contributed by atoms with Crippen molar-refractivity contribution < 1.29 is 37.6 Å². The van der Waals surface area contributed by atoms with Gasteiger partial charge in [-0.1, -0.05) is 11.0 Å². The van der Waals surface area contributed by atoms with E-state index in [1.807, 2.05) is 0 Å². The van der Waals surface area contributed by atoms with Gasteiger partial charge >= 0.3 is 7.82 Å². The molecule has 2 amide bonds. The topological polar surface area (TPSA) is 149 Å². The molecule has 0 aromatic rings. The van der Waals surface area contributed by atoms with Gasteiger partial charge in [0.25, 0.3) is 0 Å². The van der Waals surface area contributed by atoms with Gasteiger partial charge < -0.3 is 21.1 Å². The highest BCUT2D eigenvalue weighted by Crippen LogP contribution is 2.45. The van der Waals surface area contributed by atoms with Gasteiger partial charge in [0.15, 0.2) is 0 Å². The van der Waals surface area contributed by atoms with Crippen LogP contribution in [0.3, 0.4) is 0 Å². The fourth-order valence-electron chi connectivity index (χ4n) is 2.25. The number of nitrogens with one attached hydrogen (secondary N) is 2. The van der Waals surface area contributed by atoms with E-state index in [0.29, 0.717) is 39.2 Å². The van der Waals surface area contributed by atoms with Crippen molar-refractivity contribution in [3.05, 3.63) is 0 Å². The van der Waals surface area contributed by atoms with E-state index in [1.165, 1.54) is 0 Å². The predicted octanol–water partition coefficient (Wildman–Crippen LogP) is 0.290. The standard InChI is InChI=1S/C17H37N4O7P/c1-4-27-29(24,25)28-21(2,3)13-15-26-14-12-20-17(23)9-11-19-16(22)8-6-5-7-10-18/h4-15,18H2,1-3H3,(H2-,19,20,22,23,24,25)/p+1. The maximum atomic E-state index is 11.7. The van der Waals surface area contributed by atoms with Crippen LogP contribution in [0.5, 0.6) is 0 Å². The molecule has 11 nitrogen and oxygen atoms in total. The highest BCUT2D eigenvalue weighted by atomic mass is 31.2. The molecule has 172 valence electrons. The molecule has 0 radical (unpaired) electrons. The number of amides is 2. The second kappa shape index (κ2) is 15.7. The molecule has 0 aromatic heterocycles. The Hall–Kier alpha value is -1.07. The first-order valence-corrected chi connectivity index (χ1v) is 11.4. The Kier molecular flexibility index (Phi) is 15.1. The van der Waals surface area contributed by atoms with E-state index in [9.17, 15) is 19.0 Å². The van der Waals surface area contributed by atoms with Gasteiger partial charge in [0.1, 0.15) is 6.54 Å². The smallest absolute Gasteiger partial charge is 0.374 e. The van der Waals surface area contributed by atoms with E-state index < -0.39 is 7.82 Å². The van der Waals surface area contributed by atoms with E-state index in [2.05, 4.69) is 15.2 Å². The van der Waals surface area contributed by atoms with Gasteiger partial charge in [-0.3, -0.25) is 19.0 Å². The second-order valence-corrected chi connectivity index (χ2v) is 8.29. The maximum absolute atomic E-state index is 11.7. The molecule has 29 heavy (non-hydrogen) atoms. The predicted molar refractivity (Wildman–Crippen MR) is 108 cm³/mol. The Balaban J connectivity index is 3.71. The Morgan fingerprint density at radius 2 is 1.69 bits per heavy atom. The molecule has 0 aliphatic rings. The van der Waals surface area contributed by atoms with Crippen molar-refractivity contribution in [2.45, 2.75) is 39.0 Å². The van der Waals surface area contributed by atoms with Crippen LogP contribution in [0.4, 0.5) is 0 Å². The van der Waals surface area contributed by atoms with E-state index in [0.717, 1.165) is 19.3 Å². The summed E-state index contributed by atoms with van der Waals surface area (Å²) in [6.07, 6.45) is 3.30. The number of phosphoric acid groups is 1. The summed E-state index contributed by atoms with van der Waals surface area (Å²) in [6.45, 7) is 3.82. The van der Waals surface area contributed by atoms with Crippen LogP contribution < -0.4 is 16.4 Å². The van der Waals surface area contributed by atoms with Crippen LogP contribution in [0, 0.1) is 0 Å². The minimum absolute atomic E-state index is 0.0575. The van der Waals surface area contributed by atoms with Gasteiger partial charge in [-0.05, 0) is 26.3 Å². The molecular weight excluding hydrogens is 403 g/mol. The molecule has 0 heterocycles. The molecule has 5 N–H and O–H groups in total. The van der Waals surface area contributed by atoms with Crippen LogP contribution in [-0.2, 0) is 28.0 Å². The molecule has 0 bridgehead atoms. The fraction of sp³-hybridized carbons (Fsp3) is 0.882. The van der Waals surface area contributed by atoms with E-state index in [4.69, 9.17) is 15.1 Å². The van der Waals surface area contributed by atoms with E-state index in [1.54, 1.807) is 21.0 Å². The Labute approximate surface area is 173 Å². The van der Waals surface area contributed by atoms with Crippen LogP contribution in [-0.4, -0.2) is 81.4 Å². The zero-order chi connectivity index (χ0) is 22.2. The third-order valence-electron chi connectivity index (χ3n) is 3.74. The quantitative estimate of drug-likeness (QED) is 0.103. The van der Waals surface area contributed by atoms with Crippen molar-refractivity contribution in [1.29, 1.82) is 0 Å². The highest BCUT2D eigenvalue weighted by Gasteiger charge is 2.32. The third kappa shape index (κ3) is 17.5. The molecule has 12 heteroatoms. The lowest BCUT2D eigenvalue weighted by Gasteiger charge is -2.27. The number of phosphoric ester groups is 1. The number of unbranched alkanes of at least 4 members (excludes halogenated alkanes) is 2. The summed E-state index contributed by atoms with van der Waals surface area (Å²) in [5.74, 6) is -0.229. The van der Waals surface area contributed by atoms with Gasteiger partial charge in [-0.2, -0.15) is 4.65 Å². The summed E-state index contributed by atoms with van der Waals surface area (Å²) in [5.41, 5.74) is 5.39. The molecule has 0 spiro atoms. The number of carbonyl (C=O) groups excluding carboxylic acids is 2. The molecule has 1 atom stereocenters. The lowest BCUT2D eigenvalue weighted by atomic mass is 10.2. The first-order valence-electron chi connectivity index (χ1n) is 9.94. The Morgan fingerprint density at radius 3 is 2.34 bits per heavy atom. The van der Waals surface area contributed by atoms with Gasteiger partial charge in [0.05, 0.1) is 33.9 Å². The van der Waals surface area contributed by atoms with Crippen LogP contribution >= 0.6 is 7.82 Å². The average molecular weight is 441 g/mol. The number of ether oxygens (including phenoxy) is 1. The first-order chi connectivity index (χ1) is 13.6. The van der Waals surface area contributed by atoms with Crippen LogP contribution in [0.25, 0.3) is 0 Å². The molecule has 0 aliphatic carbocycles. The molecule has 0 saturated heterocycles. The summed E-state index contributed by atoms with van der Waals surface area (Å²) < 4.78 is 26.5. The highest BCUT2D eigenvalue weighted by molar-refractivity contribution is 7.47. The number of nitrogens with zero attached hydrogens (tertiary/aromatic N) is 1. The van der Waals surface area contributed by atoms with Crippen LogP contribution in [0.2, 0.25) is 0 Å². The minimum atomic E-state index is -4.09. The summed E-state index contributed by atoms with van der Waals surface area (Å²) in [4.78, 5) is 32.8. The lowest BCUT2D eigenvalue weighted by Crippen LogP contribution is -2.41. The molecule has 0 aromatic carbocycles. The zero-order valence-corrected chi connectivity index (χ0v) is 18.7. The number of hydrogen-bond donors (Lipinski definition) is 4. The largest absolute Gasteiger partial charge is 0.518 e. The van der Waals surface area contributed by atoms with E-state index >= 15 is 0 Å². The Morgan fingerprint density at radius 1 is 1.03 bits per heavy atom. The maximum Gasteiger partial charge on any atom is 0.518 e. The molecule has 0 rings (SSSR count). The normalized spacial score (nSPS) is 13.7. The molecule has 0 saturated carbocycles. The van der Waals surface area contributed by atoms with Crippen molar-refractivity contribution in [3.63, 3.8) is 0 Å². The van der Waals surface area contributed by atoms with E-state index in [-0.39, 0.29) is 36.1 Å². The number of likely N-dealkylation sites (N-methyl/N-ethyl adjacent to an activating group) is 1. The fourth-order valence-corrected chi connectivity index (χ4v) is 3.27. The van der Waals surface area contributed by atoms with Gasteiger partial charge in [0.2, 0.25) is 11.8 Å².